The molecular weight excluding hydrogens is 378 g/mol. The van der Waals surface area contributed by atoms with Crippen LogP contribution in [0.4, 0.5) is 5.69 Å². The van der Waals surface area contributed by atoms with Crippen molar-refractivity contribution < 1.29 is 14.1 Å². The van der Waals surface area contributed by atoms with E-state index in [2.05, 4.69) is 34.6 Å². The normalized spacial score (nSPS) is 10.6. The Hall–Kier alpha value is -3.28. The van der Waals surface area contributed by atoms with Crippen LogP contribution >= 0.6 is 0 Å². The minimum absolute atomic E-state index is 0.124. The highest BCUT2D eigenvalue weighted by atomic mass is 16.5. The van der Waals surface area contributed by atoms with E-state index in [4.69, 9.17) is 9.26 Å². The van der Waals surface area contributed by atoms with Crippen LogP contribution in [-0.2, 0) is 6.61 Å². The number of ether oxygens (including phenoxy) is 1. The first-order chi connectivity index (χ1) is 14.6. The Morgan fingerprint density at radius 1 is 1.07 bits per heavy atom. The molecule has 0 radical (unpaired) electrons. The van der Waals surface area contributed by atoms with Crippen LogP contribution in [0.2, 0.25) is 0 Å². The third kappa shape index (κ3) is 5.63. The van der Waals surface area contributed by atoms with Gasteiger partial charge in [0.15, 0.2) is 0 Å². The van der Waals surface area contributed by atoms with E-state index >= 15 is 0 Å². The van der Waals surface area contributed by atoms with Gasteiger partial charge in [-0.05, 0) is 51.0 Å². The van der Waals surface area contributed by atoms with Crippen molar-refractivity contribution in [3.05, 3.63) is 77.2 Å². The average Bonchev–Trinajstić information content (AvgIpc) is 3.09. The molecule has 1 aromatic heterocycles. The van der Waals surface area contributed by atoms with Gasteiger partial charge in [-0.25, -0.2) is 0 Å². The number of nitrogens with one attached hydrogen (secondary N) is 1. The van der Waals surface area contributed by atoms with Gasteiger partial charge in [-0.2, -0.15) is 0 Å². The van der Waals surface area contributed by atoms with E-state index in [1.165, 1.54) is 5.69 Å². The first-order valence-electron chi connectivity index (χ1n) is 10.2. The topological polar surface area (TPSA) is 67.6 Å². The molecule has 0 saturated heterocycles. The number of unbranched alkanes of at least 4 members (excludes halogenated alkanes) is 1. The Balaban J connectivity index is 1.46. The summed E-state index contributed by atoms with van der Waals surface area (Å²) in [5, 5.41) is 6.94. The van der Waals surface area contributed by atoms with Crippen LogP contribution in [0.3, 0.4) is 0 Å². The third-order valence-corrected chi connectivity index (χ3v) is 5.09. The van der Waals surface area contributed by atoms with E-state index < -0.39 is 0 Å². The Morgan fingerprint density at radius 3 is 2.53 bits per heavy atom. The van der Waals surface area contributed by atoms with Gasteiger partial charge in [-0.1, -0.05) is 35.5 Å². The molecule has 0 aliphatic heterocycles. The van der Waals surface area contributed by atoms with E-state index in [0.29, 0.717) is 24.5 Å². The molecule has 2 aromatic carbocycles. The quantitative estimate of drug-likeness (QED) is 0.501. The van der Waals surface area contributed by atoms with Crippen molar-refractivity contribution in [2.45, 2.75) is 33.3 Å². The SMILES string of the molecule is Cc1noc(C)c1COc1ccccc1C(=O)NCCCCN(C)c1ccccc1. The average molecular weight is 408 g/mol. The van der Waals surface area contributed by atoms with Crippen LogP contribution in [0.5, 0.6) is 5.75 Å². The molecule has 1 heterocycles. The number of carbonyl (C=O) groups is 1. The molecule has 0 bridgehead atoms. The summed E-state index contributed by atoms with van der Waals surface area (Å²) in [5.41, 5.74) is 3.44. The summed E-state index contributed by atoms with van der Waals surface area (Å²) in [4.78, 5) is 14.9. The molecule has 0 unspecified atom stereocenters. The molecule has 3 aromatic rings. The van der Waals surface area contributed by atoms with Crippen molar-refractivity contribution in [1.82, 2.24) is 10.5 Å². The highest BCUT2D eigenvalue weighted by molar-refractivity contribution is 5.96. The van der Waals surface area contributed by atoms with Crippen LogP contribution in [0, 0.1) is 13.8 Å². The molecule has 30 heavy (non-hydrogen) atoms. The standard InChI is InChI=1S/C24H29N3O3/c1-18-22(19(2)30-26-18)17-29-23-14-8-7-13-21(23)24(28)25-15-9-10-16-27(3)20-11-5-4-6-12-20/h4-8,11-14H,9-10,15-17H2,1-3H3,(H,25,28). The number of nitrogens with zero attached hydrogens (tertiary/aromatic N) is 2. The van der Waals surface area contributed by atoms with Gasteiger partial charge in [-0.15, -0.1) is 0 Å². The van der Waals surface area contributed by atoms with E-state index in [1.807, 2.05) is 50.2 Å². The predicted molar refractivity (Wildman–Crippen MR) is 118 cm³/mol. The van der Waals surface area contributed by atoms with Crippen molar-refractivity contribution in [2.75, 3.05) is 25.0 Å². The van der Waals surface area contributed by atoms with E-state index in [-0.39, 0.29) is 5.91 Å². The number of hydrogen-bond donors (Lipinski definition) is 1. The summed E-state index contributed by atoms with van der Waals surface area (Å²) in [5.74, 6) is 1.16. The number of benzene rings is 2. The summed E-state index contributed by atoms with van der Waals surface area (Å²) in [6.07, 6.45) is 1.90. The van der Waals surface area contributed by atoms with Gasteiger partial charge < -0.3 is 19.5 Å². The van der Waals surface area contributed by atoms with Crippen LogP contribution in [0.15, 0.2) is 59.1 Å². The monoisotopic (exact) mass is 407 g/mol. The molecule has 1 N–H and O–H groups in total. The fourth-order valence-electron chi connectivity index (χ4n) is 3.22. The zero-order valence-electron chi connectivity index (χ0n) is 17.9. The van der Waals surface area contributed by atoms with E-state index in [0.717, 1.165) is 36.4 Å². The molecule has 0 fully saturated rings. The lowest BCUT2D eigenvalue weighted by Crippen LogP contribution is -2.26. The molecule has 0 saturated carbocycles. The zero-order chi connectivity index (χ0) is 21.3. The molecular formula is C24H29N3O3. The van der Waals surface area contributed by atoms with Crippen LogP contribution in [0.1, 0.15) is 40.2 Å². The first kappa shape index (κ1) is 21.4. The minimum atomic E-state index is -0.124. The fraction of sp³-hybridized carbons (Fsp3) is 0.333. The lowest BCUT2D eigenvalue weighted by atomic mass is 10.1. The maximum absolute atomic E-state index is 12.6. The number of hydrogen-bond acceptors (Lipinski definition) is 5. The Kier molecular flexibility index (Phi) is 7.49. The van der Waals surface area contributed by atoms with Crippen LogP contribution in [0.25, 0.3) is 0 Å². The van der Waals surface area contributed by atoms with Crippen molar-refractivity contribution >= 4 is 11.6 Å². The van der Waals surface area contributed by atoms with Crippen molar-refractivity contribution in [3.63, 3.8) is 0 Å². The second-order valence-corrected chi connectivity index (χ2v) is 7.31. The second kappa shape index (κ2) is 10.5. The lowest BCUT2D eigenvalue weighted by molar-refractivity contribution is 0.0948. The number of aryl methyl sites for hydroxylation is 2. The zero-order valence-corrected chi connectivity index (χ0v) is 17.9. The Labute approximate surface area is 177 Å². The first-order valence-corrected chi connectivity index (χ1v) is 10.2. The van der Waals surface area contributed by atoms with Crippen molar-refractivity contribution in [2.24, 2.45) is 0 Å². The van der Waals surface area contributed by atoms with Gasteiger partial charge in [0.1, 0.15) is 18.1 Å². The minimum Gasteiger partial charge on any atom is -0.488 e. The highest BCUT2D eigenvalue weighted by Gasteiger charge is 2.14. The van der Waals surface area contributed by atoms with Gasteiger partial charge in [0.2, 0.25) is 0 Å². The molecule has 0 aliphatic carbocycles. The van der Waals surface area contributed by atoms with Gasteiger partial charge in [-0.3, -0.25) is 4.79 Å². The fourth-order valence-corrected chi connectivity index (χ4v) is 3.22. The Morgan fingerprint density at radius 2 is 1.80 bits per heavy atom. The lowest BCUT2D eigenvalue weighted by Gasteiger charge is -2.19. The molecule has 0 spiro atoms. The molecule has 6 nitrogen and oxygen atoms in total. The summed E-state index contributed by atoms with van der Waals surface area (Å²) in [6.45, 7) is 5.61. The Bertz CT molecular complexity index is 934. The smallest absolute Gasteiger partial charge is 0.255 e. The van der Waals surface area contributed by atoms with Crippen LogP contribution in [-0.4, -0.2) is 31.2 Å². The molecule has 158 valence electrons. The van der Waals surface area contributed by atoms with Gasteiger partial charge in [0.05, 0.1) is 16.8 Å². The van der Waals surface area contributed by atoms with Crippen molar-refractivity contribution in [3.8, 4) is 5.75 Å². The summed E-state index contributed by atoms with van der Waals surface area (Å²) >= 11 is 0. The van der Waals surface area contributed by atoms with Crippen LogP contribution < -0.4 is 15.0 Å². The maximum Gasteiger partial charge on any atom is 0.255 e. The number of anilines is 1. The number of rotatable bonds is 10. The predicted octanol–water partition coefficient (Wildman–Crippen LogP) is 4.52. The summed E-state index contributed by atoms with van der Waals surface area (Å²) in [6, 6.07) is 17.6. The summed E-state index contributed by atoms with van der Waals surface area (Å²) < 4.78 is 11.1. The maximum atomic E-state index is 12.6. The second-order valence-electron chi connectivity index (χ2n) is 7.31. The molecule has 0 aliphatic rings. The molecule has 6 heteroatoms. The number of carbonyl (C=O) groups excluding carboxylic acids is 1. The largest absolute Gasteiger partial charge is 0.488 e. The highest BCUT2D eigenvalue weighted by Crippen LogP contribution is 2.21. The van der Waals surface area contributed by atoms with Gasteiger partial charge >= 0.3 is 0 Å². The third-order valence-electron chi connectivity index (χ3n) is 5.09. The molecule has 3 rings (SSSR count). The molecule has 0 atom stereocenters. The van der Waals surface area contributed by atoms with Gasteiger partial charge in [0, 0.05) is 25.8 Å². The molecule has 1 amide bonds. The number of aromatic nitrogens is 1. The van der Waals surface area contributed by atoms with Gasteiger partial charge in [0.25, 0.3) is 5.91 Å². The summed E-state index contributed by atoms with van der Waals surface area (Å²) in [7, 11) is 2.08. The van der Waals surface area contributed by atoms with E-state index in [9.17, 15) is 4.79 Å². The number of para-hydroxylation sites is 2. The van der Waals surface area contributed by atoms with Crippen molar-refractivity contribution in [1.29, 1.82) is 0 Å². The number of amides is 1. The van der Waals surface area contributed by atoms with E-state index in [1.54, 1.807) is 6.07 Å².